The maximum atomic E-state index is 13.7. The highest BCUT2D eigenvalue weighted by Crippen LogP contribution is 2.39. The largest absolute Gasteiger partial charge is 0.303 e. The van der Waals surface area contributed by atoms with Crippen molar-refractivity contribution in [2.24, 2.45) is 10.9 Å². The van der Waals surface area contributed by atoms with Crippen molar-refractivity contribution < 1.29 is 4.39 Å². The van der Waals surface area contributed by atoms with Gasteiger partial charge in [0, 0.05) is 29.8 Å². The third kappa shape index (κ3) is 3.32. The summed E-state index contributed by atoms with van der Waals surface area (Å²) in [5.74, 6) is 0.994. The molecule has 2 aliphatic carbocycles. The van der Waals surface area contributed by atoms with Gasteiger partial charge in [0.05, 0.1) is 5.71 Å². The molecule has 0 radical (unpaired) electrons. The summed E-state index contributed by atoms with van der Waals surface area (Å²) in [6.07, 6.45) is 10.6. The van der Waals surface area contributed by atoms with E-state index < -0.39 is 0 Å². The Kier molecular flexibility index (Phi) is 4.53. The fourth-order valence-corrected chi connectivity index (χ4v) is 5.27. The summed E-state index contributed by atoms with van der Waals surface area (Å²) in [5.41, 5.74) is 6.27. The average molecular weight is 383 g/mol. The molecule has 0 spiro atoms. The number of hydrogen-bond donors (Lipinski definition) is 0. The number of halogens is 2. The number of piperidine rings is 1. The van der Waals surface area contributed by atoms with Crippen molar-refractivity contribution >= 4 is 17.3 Å². The minimum Gasteiger partial charge on any atom is -0.303 e. The zero-order chi connectivity index (χ0) is 18.4. The highest BCUT2D eigenvalue weighted by molar-refractivity contribution is 6.30. The summed E-state index contributed by atoms with van der Waals surface area (Å²) < 4.78 is 13.7. The maximum absolute atomic E-state index is 13.7. The molecular weight excluding hydrogens is 359 g/mol. The van der Waals surface area contributed by atoms with Crippen LogP contribution in [0.3, 0.4) is 0 Å². The molecule has 1 fully saturated rings. The summed E-state index contributed by atoms with van der Waals surface area (Å²) in [5, 5.41) is 0.852. The molecule has 2 aliphatic heterocycles. The monoisotopic (exact) mass is 382 g/mol. The number of likely N-dealkylation sites (tertiary alicyclic amines) is 1. The highest BCUT2D eigenvalue weighted by atomic mass is 35.5. The van der Waals surface area contributed by atoms with Crippen LogP contribution in [0.15, 0.2) is 58.5 Å². The van der Waals surface area contributed by atoms with Crippen molar-refractivity contribution in [1.29, 1.82) is 0 Å². The minimum absolute atomic E-state index is 0.118. The van der Waals surface area contributed by atoms with E-state index in [9.17, 15) is 4.39 Å². The number of fused-ring (bicyclic) bond motifs is 2. The predicted octanol–water partition coefficient (Wildman–Crippen LogP) is 5.60. The summed E-state index contributed by atoms with van der Waals surface area (Å²) in [7, 11) is 0. The zero-order valence-electron chi connectivity index (χ0n) is 15.4. The Bertz CT molecular complexity index is 888. The van der Waals surface area contributed by atoms with Gasteiger partial charge in [0.15, 0.2) is 0 Å². The molecule has 1 saturated heterocycles. The smallest absolute Gasteiger partial charge is 0.120 e. The van der Waals surface area contributed by atoms with Crippen molar-refractivity contribution in [3.8, 4) is 0 Å². The lowest BCUT2D eigenvalue weighted by molar-refractivity contribution is 0.189. The second kappa shape index (κ2) is 7.03. The van der Waals surface area contributed by atoms with E-state index in [0.717, 1.165) is 48.8 Å². The summed E-state index contributed by atoms with van der Waals surface area (Å²) in [4.78, 5) is 7.13. The van der Waals surface area contributed by atoms with Gasteiger partial charge in [-0.3, -0.25) is 4.99 Å². The molecule has 4 aliphatic rings. The lowest BCUT2D eigenvalue weighted by Gasteiger charge is -2.34. The molecule has 5 rings (SSSR count). The van der Waals surface area contributed by atoms with Crippen LogP contribution in [0.5, 0.6) is 0 Å². The molecule has 0 aromatic heterocycles. The molecule has 0 N–H and O–H groups in total. The lowest BCUT2D eigenvalue weighted by atomic mass is 9.83. The van der Waals surface area contributed by atoms with Crippen molar-refractivity contribution in [1.82, 2.24) is 4.90 Å². The number of aliphatic imine (C=N–C) groups is 1. The molecule has 0 bridgehead atoms. The van der Waals surface area contributed by atoms with Crippen molar-refractivity contribution in [3.05, 3.63) is 69.7 Å². The van der Waals surface area contributed by atoms with E-state index in [4.69, 9.17) is 11.6 Å². The van der Waals surface area contributed by atoms with E-state index in [1.165, 1.54) is 29.5 Å². The van der Waals surface area contributed by atoms with E-state index in [0.29, 0.717) is 18.3 Å². The standard InChI is InChI=1S/C23H24ClFN2/c24-18-4-3-15-1-2-17(20(15)11-18)14-27-9-7-16(8-10-27)22-13-26-23-6-5-19(25)12-21(22)23/h3-5,11-13,16-17H,1-2,6-10,14H2. The Hall–Kier alpha value is -1.71. The van der Waals surface area contributed by atoms with E-state index in [1.807, 2.05) is 12.3 Å². The van der Waals surface area contributed by atoms with Gasteiger partial charge in [-0.1, -0.05) is 17.7 Å². The summed E-state index contributed by atoms with van der Waals surface area (Å²) in [6, 6.07) is 6.37. The van der Waals surface area contributed by atoms with E-state index in [2.05, 4.69) is 22.0 Å². The fraction of sp³-hybridized carbons (Fsp3) is 0.435. The van der Waals surface area contributed by atoms with Crippen LogP contribution in [0.2, 0.25) is 5.02 Å². The van der Waals surface area contributed by atoms with Gasteiger partial charge in [-0.05, 0) is 91.6 Å². The van der Waals surface area contributed by atoms with Gasteiger partial charge in [-0.25, -0.2) is 4.39 Å². The molecule has 2 heterocycles. The quantitative estimate of drug-likeness (QED) is 0.664. The number of nitrogens with zero attached hydrogens (tertiary/aromatic N) is 2. The molecule has 1 aromatic carbocycles. The Morgan fingerprint density at radius 3 is 2.89 bits per heavy atom. The Morgan fingerprint density at radius 2 is 2.04 bits per heavy atom. The molecule has 2 nitrogen and oxygen atoms in total. The number of benzene rings is 1. The second-order valence-corrected chi connectivity index (χ2v) is 8.60. The molecule has 0 amide bonds. The third-order valence-electron chi connectivity index (χ3n) is 6.57. The first kappa shape index (κ1) is 17.4. The second-order valence-electron chi connectivity index (χ2n) is 8.16. The van der Waals surface area contributed by atoms with E-state index in [-0.39, 0.29) is 5.83 Å². The van der Waals surface area contributed by atoms with Gasteiger partial charge in [0.1, 0.15) is 5.83 Å². The SMILES string of the molecule is FC1=CCC2=NC=C(C3CCN(CC4CCc5ccc(Cl)cc54)CC3)C2=C1. The Labute approximate surface area is 165 Å². The number of aryl methyl sites for hydroxylation is 1. The van der Waals surface area contributed by atoms with Gasteiger partial charge < -0.3 is 4.90 Å². The number of rotatable bonds is 3. The topological polar surface area (TPSA) is 15.6 Å². The molecule has 27 heavy (non-hydrogen) atoms. The van der Waals surface area contributed by atoms with Crippen molar-refractivity contribution in [2.45, 2.75) is 38.0 Å². The number of hydrogen-bond acceptors (Lipinski definition) is 2. The van der Waals surface area contributed by atoms with Gasteiger partial charge in [0.2, 0.25) is 0 Å². The molecular formula is C23H24ClFN2. The van der Waals surface area contributed by atoms with Gasteiger partial charge in [-0.2, -0.15) is 0 Å². The first-order chi connectivity index (χ1) is 13.2. The molecule has 4 heteroatoms. The normalized spacial score (nSPS) is 25.5. The van der Waals surface area contributed by atoms with Crippen LogP contribution in [0, 0.1) is 5.92 Å². The van der Waals surface area contributed by atoms with Crippen LogP contribution in [0.1, 0.15) is 42.7 Å². The molecule has 1 unspecified atom stereocenters. The minimum atomic E-state index is -0.118. The predicted molar refractivity (Wildman–Crippen MR) is 109 cm³/mol. The molecule has 140 valence electrons. The number of allylic oxidation sites excluding steroid dienone is 5. The fourth-order valence-electron chi connectivity index (χ4n) is 5.09. The average Bonchev–Trinajstić information content (AvgIpc) is 3.26. The van der Waals surface area contributed by atoms with Gasteiger partial charge in [-0.15, -0.1) is 0 Å². The van der Waals surface area contributed by atoms with Gasteiger partial charge in [0.25, 0.3) is 0 Å². The van der Waals surface area contributed by atoms with Gasteiger partial charge >= 0.3 is 0 Å². The summed E-state index contributed by atoms with van der Waals surface area (Å²) in [6.45, 7) is 3.34. The first-order valence-electron chi connectivity index (χ1n) is 10.0. The van der Waals surface area contributed by atoms with Crippen LogP contribution >= 0.6 is 11.6 Å². The Morgan fingerprint density at radius 1 is 1.19 bits per heavy atom. The maximum Gasteiger partial charge on any atom is 0.120 e. The van der Waals surface area contributed by atoms with Crippen LogP contribution in [0.25, 0.3) is 0 Å². The van der Waals surface area contributed by atoms with Crippen molar-refractivity contribution in [2.75, 3.05) is 19.6 Å². The van der Waals surface area contributed by atoms with Crippen LogP contribution in [0.4, 0.5) is 4.39 Å². The third-order valence-corrected chi connectivity index (χ3v) is 6.80. The van der Waals surface area contributed by atoms with Crippen LogP contribution < -0.4 is 0 Å². The molecule has 0 saturated carbocycles. The van der Waals surface area contributed by atoms with Crippen LogP contribution in [-0.2, 0) is 6.42 Å². The Balaban J connectivity index is 1.21. The zero-order valence-corrected chi connectivity index (χ0v) is 16.2. The first-order valence-corrected chi connectivity index (χ1v) is 10.4. The summed E-state index contributed by atoms with van der Waals surface area (Å²) >= 11 is 6.22. The van der Waals surface area contributed by atoms with Crippen molar-refractivity contribution in [3.63, 3.8) is 0 Å². The molecule has 1 aromatic rings. The van der Waals surface area contributed by atoms with E-state index >= 15 is 0 Å². The molecule has 1 atom stereocenters. The lowest BCUT2D eigenvalue weighted by Crippen LogP contribution is -2.37. The highest BCUT2D eigenvalue weighted by Gasteiger charge is 2.31. The van der Waals surface area contributed by atoms with E-state index in [1.54, 1.807) is 12.2 Å². The van der Waals surface area contributed by atoms with Crippen LogP contribution in [-0.4, -0.2) is 30.2 Å².